The van der Waals surface area contributed by atoms with Crippen molar-refractivity contribution in [3.63, 3.8) is 0 Å². The molecule has 0 aromatic heterocycles. The second-order valence-electron chi connectivity index (χ2n) is 13.4. The van der Waals surface area contributed by atoms with Crippen LogP contribution in [-0.4, -0.2) is 65.9 Å². The summed E-state index contributed by atoms with van der Waals surface area (Å²) in [6.45, 7) is 8.69. The zero-order valence-corrected chi connectivity index (χ0v) is 28.0. The monoisotopic (exact) mass is 623 g/mol. The molecule has 244 valence electrons. The molecular formula is C39H49N3O4. The van der Waals surface area contributed by atoms with Gasteiger partial charge in [-0.25, -0.2) is 0 Å². The van der Waals surface area contributed by atoms with Crippen LogP contribution in [0.5, 0.6) is 0 Å². The summed E-state index contributed by atoms with van der Waals surface area (Å²) < 4.78 is 5.55. The number of likely N-dealkylation sites (N-methyl/N-ethyl adjacent to an activating group) is 1. The van der Waals surface area contributed by atoms with Crippen molar-refractivity contribution in [1.29, 1.82) is 0 Å². The van der Waals surface area contributed by atoms with E-state index in [-0.39, 0.29) is 17.8 Å². The zero-order valence-electron chi connectivity index (χ0n) is 28.0. The lowest BCUT2D eigenvalue weighted by atomic mass is 9.73. The van der Waals surface area contributed by atoms with Crippen molar-refractivity contribution in [1.82, 2.24) is 9.80 Å². The summed E-state index contributed by atoms with van der Waals surface area (Å²) in [5, 5.41) is 0. The van der Waals surface area contributed by atoms with Gasteiger partial charge in [0, 0.05) is 38.2 Å². The molecule has 1 aliphatic rings. The summed E-state index contributed by atoms with van der Waals surface area (Å²) in [5.74, 6) is -0.565. The Morgan fingerprint density at radius 2 is 1.48 bits per heavy atom. The number of likely N-dealkylation sites (tertiary alicyclic amines) is 1. The number of hydrogen-bond donors (Lipinski definition) is 1. The van der Waals surface area contributed by atoms with Gasteiger partial charge in [0.2, 0.25) is 11.8 Å². The molecule has 1 saturated heterocycles. The second kappa shape index (κ2) is 15.4. The molecule has 2 N–H and O–H groups in total. The molecule has 3 aromatic carbocycles. The van der Waals surface area contributed by atoms with E-state index >= 15 is 0 Å². The van der Waals surface area contributed by atoms with Gasteiger partial charge in [0.15, 0.2) is 0 Å². The van der Waals surface area contributed by atoms with Gasteiger partial charge in [-0.05, 0) is 75.6 Å². The fourth-order valence-corrected chi connectivity index (χ4v) is 6.40. The number of nitrogens with zero attached hydrogens (tertiary/aromatic N) is 2. The van der Waals surface area contributed by atoms with Crippen LogP contribution in [0.15, 0.2) is 96.6 Å². The van der Waals surface area contributed by atoms with Gasteiger partial charge in [0.25, 0.3) is 0 Å². The molecule has 2 amide bonds. The van der Waals surface area contributed by atoms with Gasteiger partial charge in [0.1, 0.15) is 6.04 Å². The summed E-state index contributed by atoms with van der Waals surface area (Å²) in [7, 11) is 1.70. The Bertz CT molecular complexity index is 1490. The maximum absolute atomic E-state index is 14.3. The van der Waals surface area contributed by atoms with Crippen molar-refractivity contribution < 1.29 is 19.1 Å². The van der Waals surface area contributed by atoms with Crippen molar-refractivity contribution in [3.8, 4) is 11.1 Å². The average molecular weight is 624 g/mol. The quantitative estimate of drug-likeness (QED) is 0.191. The first-order chi connectivity index (χ1) is 21.9. The molecule has 1 aliphatic heterocycles. The molecule has 0 spiro atoms. The Morgan fingerprint density at radius 3 is 2.04 bits per heavy atom. The zero-order chi connectivity index (χ0) is 33.3. The van der Waals surface area contributed by atoms with E-state index in [0.717, 1.165) is 27.8 Å². The van der Waals surface area contributed by atoms with Crippen molar-refractivity contribution in [2.75, 3.05) is 26.7 Å². The highest BCUT2D eigenvalue weighted by Crippen LogP contribution is 2.37. The maximum Gasteiger partial charge on any atom is 0.312 e. The molecule has 0 bridgehead atoms. The minimum atomic E-state index is -0.714. The van der Waals surface area contributed by atoms with Crippen molar-refractivity contribution in [2.45, 2.75) is 71.4 Å². The fraction of sp³-hybridized carbons (Fsp3) is 0.410. The smallest absolute Gasteiger partial charge is 0.312 e. The van der Waals surface area contributed by atoms with Gasteiger partial charge in [-0.15, -0.1) is 0 Å². The number of amides is 2. The number of esters is 1. The van der Waals surface area contributed by atoms with Crippen LogP contribution in [0.25, 0.3) is 11.1 Å². The first-order valence-corrected chi connectivity index (χ1v) is 16.3. The van der Waals surface area contributed by atoms with Crippen LogP contribution in [0, 0.1) is 5.41 Å². The van der Waals surface area contributed by atoms with Gasteiger partial charge >= 0.3 is 5.97 Å². The molecule has 1 fully saturated rings. The molecule has 3 aromatic rings. The number of rotatable bonds is 12. The van der Waals surface area contributed by atoms with Crippen LogP contribution in [-0.2, 0) is 32.0 Å². The third-order valence-corrected chi connectivity index (χ3v) is 8.82. The van der Waals surface area contributed by atoms with E-state index in [1.807, 2.05) is 93.3 Å². The number of piperidine rings is 1. The van der Waals surface area contributed by atoms with Crippen LogP contribution >= 0.6 is 0 Å². The Morgan fingerprint density at radius 1 is 0.913 bits per heavy atom. The molecule has 0 radical (unpaired) electrons. The summed E-state index contributed by atoms with van der Waals surface area (Å²) in [6, 6.07) is 27.6. The number of benzene rings is 3. The second-order valence-corrected chi connectivity index (χ2v) is 13.4. The Balaban J connectivity index is 1.57. The highest BCUT2D eigenvalue weighted by molar-refractivity contribution is 5.93. The summed E-state index contributed by atoms with van der Waals surface area (Å²) >= 11 is 0. The van der Waals surface area contributed by atoms with Gasteiger partial charge in [-0.1, -0.05) is 90.5 Å². The Kier molecular flexibility index (Phi) is 11.6. The first kappa shape index (κ1) is 34.6. The average Bonchev–Trinajstić information content (AvgIpc) is 3.03. The minimum absolute atomic E-state index is 0.120. The molecule has 0 aliphatic carbocycles. The summed E-state index contributed by atoms with van der Waals surface area (Å²) in [4.78, 5) is 44.5. The summed E-state index contributed by atoms with van der Waals surface area (Å²) in [6.07, 6.45) is 4.08. The van der Waals surface area contributed by atoms with E-state index < -0.39 is 17.0 Å². The molecule has 1 heterocycles. The third kappa shape index (κ3) is 9.16. The molecule has 0 saturated carbocycles. The number of hydrogen-bond acceptors (Lipinski definition) is 5. The number of carbonyl (C=O) groups excluding carboxylic acids is 3. The predicted molar refractivity (Wildman–Crippen MR) is 184 cm³/mol. The Labute approximate surface area is 274 Å². The van der Waals surface area contributed by atoms with Crippen molar-refractivity contribution in [3.05, 3.63) is 108 Å². The first-order valence-electron chi connectivity index (χ1n) is 16.3. The molecule has 7 heteroatoms. The van der Waals surface area contributed by atoms with E-state index in [1.165, 1.54) is 0 Å². The minimum Gasteiger partial charge on any atom is -0.466 e. The highest BCUT2D eigenvalue weighted by Gasteiger charge is 2.44. The lowest BCUT2D eigenvalue weighted by Crippen LogP contribution is -2.54. The molecule has 7 nitrogen and oxygen atoms in total. The van der Waals surface area contributed by atoms with Crippen LogP contribution in [0.2, 0.25) is 0 Å². The molecule has 4 rings (SSSR count). The maximum atomic E-state index is 14.3. The Hall–Kier alpha value is -4.23. The van der Waals surface area contributed by atoms with E-state index in [1.54, 1.807) is 18.0 Å². The number of ether oxygens (including phenoxy) is 1. The third-order valence-electron chi connectivity index (χ3n) is 8.82. The van der Waals surface area contributed by atoms with Gasteiger partial charge in [-0.2, -0.15) is 0 Å². The predicted octanol–water partition coefficient (Wildman–Crippen LogP) is 6.21. The lowest BCUT2D eigenvalue weighted by Gasteiger charge is -2.42. The van der Waals surface area contributed by atoms with E-state index in [9.17, 15) is 14.4 Å². The van der Waals surface area contributed by atoms with Crippen LogP contribution in [0.1, 0.15) is 58.1 Å². The lowest BCUT2D eigenvalue weighted by molar-refractivity contribution is -0.161. The van der Waals surface area contributed by atoms with Crippen LogP contribution in [0.3, 0.4) is 0 Å². The normalized spacial score (nSPS) is 15.6. The SMILES string of the molecule is CCOC(=O)C1(Cc2ccccc2)CCN(C(=O)C(Cc2ccc(-c3ccccc3)cc2)N(C)C(=O)/C=C(\C)CC(C)(C)N)CC1. The van der Waals surface area contributed by atoms with Crippen molar-refractivity contribution in [2.24, 2.45) is 11.1 Å². The van der Waals surface area contributed by atoms with Crippen molar-refractivity contribution >= 4 is 17.8 Å². The van der Waals surface area contributed by atoms with Gasteiger partial charge in [0.05, 0.1) is 12.0 Å². The van der Waals surface area contributed by atoms with E-state index in [4.69, 9.17) is 10.5 Å². The molecule has 46 heavy (non-hydrogen) atoms. The molecular weight excluding hydrogens is 574 g/mol. The fourth-order valence-electron chi connectivity index (χ4n) is 6.40. The number of carbonyl (C=O) groups is 3. The van der Waals surface area contributed by atoms with Gasteiger partial charge < -0.3 is 20.3 Å². The highest BCUT2D eigenvalue weighted by atomic mass is 16.5. The van der Waals surface area contributed by atoms with Crippen LogP contribution < -0.4 is 5.73 Å². The molecule has 1 atom stereocenters. The van der Waals surface area contributed by atoms with Crippen LogP contribution in [0.4, 0.5) is 0 Å². The summed E-state index contributed by atoms with van der Waals surface area (Å²) in [5.41, 5.74) is 10.1. The van der Waals surface area contributed by atoms with E-state index in [0.29, 0.717) is 51.8 Å². The van der Waals surface area contributed by atoms with E-state index in [2.05, 4.69) is 24.3 Å². The largest absolute Gasteiger partial charge is 0.466 e. The number of nitrogens with two attached hydrogens (primary N) is 1. The molecule has 1 unspecified atom stereocenters. The van der Waals surface area contributed by atoms with Gasteiger partial charge in [-0.3, -0.25) is 14.4 Å². The topological polar surface area (TPSA) is 92.9 Å². The standard InChI is InChI=1S/C39H49N3O4/c1-6-46-37(45)39(28-31-13-9-7-10-14-31)21-23-42(24-22-39)36(44)34(41(5)35(43)25-29(2)27-38(3,4)40)26-30-17-19-33(20-18-30)32-15-11-8-12-16-32/h7-20,25,34H,6,21-24,26-28,40H2,1-5H3/b29-25+.